The monoisotopic (exact) mass is 348 g/mol. The molecular weight excluding hydrogens is 328 g/mol. The molecule has 1 aliphatic rings. The Morgan fingerprint density at radius 1 is 1.08 bits per heavy atom. The molecular formula is C18H21ClN2O3. The molecule has 0 saturated carbocycles. The van der Waals surface area contributed by atoms with Crippen LogP contribution in [0.5, 0.6) is 11.5 Å². The molecule has 0 radical (unpaired) electrons. The topological polar surface area (TPSA) is 59.6 Å². The van der Waals surface area contributed by atoms with Crippen molar-refractivity contribution in [1.82, 2.24) is 10.6 Å². The summed E-state index contributed by atoms with van der Waals surface area (Å²) < 4.78 is 10.5. The number of amides is 1. The summed E-state index contributed by atoms with van der Waals surface area (Å²) in [5, 5.41) is 6.21. The minimum Gasteiger partial charge on any atom is -0.497 e. The van der Waals surface area contributed by atoms with Crippen LogP contribution >= 0.6 is 12.4 Å². The predicted octanol–water partition coefficient (Wildman–Crippen LogP) is 2.66. The van der Waals surface area contributed by atoms with Gasteiger partial charge in [0.15, 0.2) is 0 Å². The summed E-state index contributed by atoms with van der Waals surface area (Å²) in [7, 11) is 3.23. The number of methoxy groups -OCH3 is 2. The Labute approximate surface area is 147 Å². The Morgan fingerprint density at radius 3 is 2.62 bits per heavy atom. The van der Waals surface area contributed by atoms with E-state index >= 15 is 0 Å². The van der Waals surface area contributed by atoms with Crippen LogP contribution in [0.3, 0.4) is 0 Å². The largest absolute Gasteiger partial charge is 0.497 e. The highest BCUT2D eigenvalue weighted by Gasteiger charge is 2.14. The summed E-state index contributed by atoms with van der Waals surface area (Å²) in [6, 6.07) is 11.4. The fraction of sp³-hybridized carbons (Fsp3) is 0.278. The fourth-order valence-corrected chi connectivity index (χ4v) is 2.73. The first-order chi connectivity index (χ1) is 11.2. The van der Waals surface area contributed by atoms with Gasteiger partial charge in [0, 0.05) is 30.8 Å². The van der Waals surface area contributed by atoms with Gasteiger partial charge in [0.1, 0.15) is 11.5 Å². The zero-order valence-electron chi connectivity index (χ0n) is 13.7. The van der Waals surface area contributed by atoms with E-state index < -0.39 is 0 Å². The third kappa shape index (κ3) is 3.80. The van der Waals surface area contributed by atoms with Crippen molar-refractivity contribution in [3.63, 3.8) is 0 Å². The van der Waals surface area contributed by atoms with Gasteiger partial charge in [-0.15, -0.1) is 12.4 Å². The highest BCUT2D eigenvalue weighted by molar-refractivity contribution is 5.94. The molecule has 1 heterocycles. The molecule has 5 nitrogen and oxygen atoms in total. The molecule has 6 heteroatoms. The van der Waals surface area contributed by atoms with Gasteiger partial charge in [-0.25, -0.2) is 0 Å². The smallest absolute Gasteiger partial charge is 0.251 e. The number of nitrogens with one attached hydrogen (secondary N) is 2. The van der Waals surface area contributed by atoms with Crippen LogP contribution in [0.4, 0.5) is 0 Å². The molecule has 0 saturated heterocycles. The molecule has 1 aliphatic heterocycles. The summed E-state index contributed by atoms with van der Waals surface area (Å²) in [4.78, 5) is 12.4. The minimum atomic E-state index is -0.0930. The second-order valence-electron chi connectivity index (χ2n) is 5.45. The number of hydrogen-bond acceptors (Lipinski definition) is 4. The summed E-state index contributed by atoms with van der Waals surface area (Å²) in [5.41, 5.74) is 4.00. The maximum absolute atomic E-state index is 12.4. The van der Waals surface area contributed by atoms with Crippen LogP contribution in [0.25, 0.3) is 0 Å². The van der Waals surface area contributed by atoms with E-state index in [-0.39, 0.29) is 18.3 Å². The van der Waals surface area contributed by atoms with Crippen molar-refractivity contribution in [2.75, 3.05) is 14.2 Å². The van der Waals surface area contributed by atoms with E-state index in [0.717, 1.165) is 30.2 Å². The van der Waals surface area contributed by atoms with Gasteiger partial charge in [-0.1, -0.05) is 6.07 Å². The molecule has 0 aromatic heterocycles. The van der Waals surface area contributed by atoms with E-state index in [1.54, 1.807) is 14.2 Å². The zero-order valence-corrected chi connectivity index (χ0v) is 14.5. The number of halogens is 1. The normalized spacial score (nSPS) is 12.1. The van der Waals surface area contributed by atoms with Crippen molar-refractivity contribution in [2.24, 2.45) is 0 Å². The standard InChI is InChI=1S/C18H20N2O3.ClH/c1-22-16-5-6-17(23-2)15(8-16)11-20-18(21)12-3-4-13-9-19-10-14(13)7-12;/h3-8,19H,9-11H2,1-2H3,(H,20,21);1H. The van der Waals surface area contributed by atoms with Gasteiger partial charge >= 0.3 is 0 Å². The zero-order chi connectivity index (χ0) is 16.2. The van der Waals surface area contributed by atoms with Crippen molar-refractivity contribution in [3.8, 4) is 11.5 Å². The van der Waals surface area contributed by atoms with Crippen LogP contribution in [0, 0.1) is 0 Å². The Bertz CT molecular complexity index is 734. The summed E-state index contributed by atoms with van der Waals surface area (Å²) in [6.07, 6.45) is 0. The molecule has 3 rings (SSSR count). The molecule has 0 aliphatic carbocycles. The molecule has 2 aromatic rings. The van der Waals surface area contributed by atoms with E-state index in [1.807, 2.05) is 36.4 Å². The van der Waals surface area contributed by atoms with Gasteiger partial charge in [0.25, 0.3) is 5.91 Å². The Kier molecular flexibility index (Phi) is 6.06. The molecule has 0 unspecified atom stereocenters. The third-order valence-corrected chi connectivity index (χ3v) is 4.03. The van der Waals surface area contributed by atoms with Gasteiger partial charge in [-0.05, 0) is 41.5 Å². The van der Waals surface area contributed by atoms with Gasteiger partial charge < -0.3 is 20.1 Å². The van der Waals surface area contributed by atoms with Crippen LogP contribution in [-0.2, 0) is 19.6 Å². The Morgan fingerprint density at radius 2 is 1.88 bits per heavy atom. The van der Waals surface area contributed by atoms with E-state index in [0.29, 0.717) is 12.1 Å². The first-order valence-corrected chi connectivity index (χ1v) is 7.53. The van der Waals surface area contributed by atoms with Crippen LogP contribution in [0.15, 0.2) is 36.4 Å². The van der Waals surface area contributed by atoms with Gasteiger partial charge in [0.2, 0.25) is 0 Å². The average molecular weight is 349 g/mol. The highest BCUT2D eigenvalue weighted by atomic mass is 35.5. The van der Waals surface area contributed by atoms with Gasteiger partial charge in [-0.2, -0.15) is 0 Å². The second-order valence-corrected chi connectivity index (χ2v) is 5.45. The van der Waals surface area contributed by atoms with E-state index in [4.69, 9.17) is 9.47 Å². The third-order valence-electron chi connectivity index (χ3n) is 4.03. The van der Waals surface area contributed by atoms with E-state index in [1.165, 1.54) is 11.1 Å². The van der Waals surface area contributed by atoms with Crippen molar-refractivity contribution >= 4 is 18.3 Å². The molecule has 128 valence electrons. The maximum Gasteiger partial charge on any atom is 0.251 e. The summed E-state index contributed by atoms with van der Waals surface area (Å²) >= 11 is 0. The number of hydrogen-bond donors (Lipinski definition) is 2. The molecule has 0 spiro atoms. The lowest BCUT2D eigenvalue weighted by Crippen LogP contribution is -2.23. The first kappa shape index (κ1) is 18.1. The minimum absolute atomic E-state index is 0. The molecule has 0 bridgehead atoms. The second kappa shape index (κ2) is 8.04. The maximum atomic E-state index is 12.4. The summed E-state index contributed by atoms with van der Waals surface area (Å²) in [5.74, 6) is 1.37. The summed E-state index contributed by atoms with van der Waals surface area (Å²) in [6.45, 7) is 2.08. The molecule has 0 fully saturated rings. The predicted molar refractivity (Wildman–Crippen MR) is 94.9 cm³/mol. The number of benzene rings is 2. The van der Waals surface area contributed by atoms with Crippen molar-refractivity contribution in [1.29, 1.82) is 0 Å². The lowest BCUT2D eigenvalue weighted by Gasteiger charge is -2.12. The highest BCUT2D eigenvalue weighted by Crippen LogP contribution is 2.24. The van der Waals surface area contributed by atoms with Crippen molar-refractivity contribution in [2.45, 2.75) is 19.6 Å². The molecule has 2 N–H and O–H groups in total. The van der Waals surface area contributed by atoms with Crippen LogP contribution in [0.2, 0.25) is 0 Å². The SMILES string of the molecule is COc1ccc(OC)c(CNC(=O)c2ccc3c(c2)CNC3)c1.Cl. The van der Waals surface area contributed by atoms with E-state index in [9.17, 15) is 4.79 Å². The van der Waals surface area contributed by atoms with E-state index in [2.05, 4.69) is 10.6 Å². The first-order valence-electron chi connectivity index (χ1n) is 7.53. The fourth-order valence-electron chi connectivity index (χ4n) is 2.73. The Hall–Kier alpha value is -2.24. The molecule has 0 atom stereocenters. The molecule has 1 amide bonds. The van der Waals surface area contributed by atoms with Crippen LogP contribution < -0.4 is 20.1 Å². The Balaban J connectivity index is 0.00000208. The lowest BCUT2D eigenvalue weighted by molar-refractivity contribution is 0.0950. The lowest BCUT2D eigenvalue weighted by atomic mass is 10.1. The number of fused-ring (bicyclic) bond motifs is 1. The molecule has 24 heavy (non-hydrogen) atoms. The number of rotatable bonds is 5. The average Bonchev–Trinajstić information content (AvgIpc) is 3.06. The number of ether oxygens (including phenoxy) is 2. The van der Waals surface area contributed by atoms with Crippen molar-refractivity contribution < 1.29 is 14.3 Å². The molecule has 2 aromatic carbocycles. The number of carbonyl (C=O) groups excluding carboxylic acids is 1. The van der Waals surface area contributed by atoms with Crippen LogP contribution in [0.1, 0.15) is 27.0 Å². The van der Waals surface area contributed by atoms with Gasteiger partial charge in [-0.3, -0.25) is 4.79 Å². The quantitative estimate of drug-likeness (QED) is 0.872. The number of carbonyl (C=O) groups is 1. The van der Waals surface area contributed by atoms with Crippen LogP contribution in [-0.4, -0.2) is 20.1 Å². The van der Waals surface area contributed by atoms with Crippen molar-refractivity contribution in [3.05, 3.63) is 58.7 Å². The van der Waals surface area contributed by atoms with Gasteiger partial charge in [0.05, 0.1) is 14.2 Å².